The molecule has 94 valence electrons. The lowest BCUT2D eigenvalue weighted by molar-refractivity contribution is 0.101. The number of benzene rings is 1. The van der Waals surface area contributed by atoms with Crippen LogP contribution in [-0.2, 0) is 6.54 Å². The van der Waals surface area contributed by atoms with E-state index in [1.165, 1.54) is 25.3 Å². The highest BCUT2D eigenvalue weighted by Crippen LogP contribution is 2.27. The molecule has 0 aliphatic carbocycles. The van der Waals surface area contributed by atoms with Gasteiger partial charge >= 0.3 is 0 Å². The third kappa shape index (κ3) is 2.40. The molecule has 18 heavy (non-hydrogen) atoms. The van der Waals surface area contributed by atoms with E-state index >= 15 is 0 Å². The number of carbonyl (C=O) groups excluding carboxylic acids is 1. The van der Waals surface area contributed by atoms with Crippen LogP contribution in [0.4, 0.5) is 4.39 Å². The van der Waals surface area contributed by atoms with Crippen LogP contribution in [0.3, 0.4) is 0 Å². The van der Waals surface area contributed by atoms with Gasteiger partial charge in [0.15, 0.2) is 11.5 Å². The van der Waals surface area contributed by atoms with Crippen molar-refractivity contribution in [3.8, 4) is 11.5 Å². The van der Waals surface area contributed by atoms with Gasteiger partial charge in [-0.15, -0.1) is 0 Å². The monoisotopic (exact) mass is 248 g/mol. The summed E-state index contributed by atoms with van der Waals surface area (Å²) in [6.07, 6.45) is 3.22. The van der Waals surface area contributed by atoms with Gasteiger partial charge in [0, 0.05) is 6.54 Å². The van der Waals surface area contributed by atoms with Gasteiger partial charge in [0.1, 0.15) is 11.6 Å². The Hall–Kier alpha value is -2.17. The second-order valence-electron chi connectivity index (χ2n) is 3.80. The van der Waals surface area contributed by atoms with Crippen LogP contribution in [0.2, 0.25) is 0 Å². The molecular weight excluding hydrogens is 235 g/mol. The number of rotatable bonds is 4. The van der Waals surface area contributed by atoms with Crippen LogP contribution in [0, 0.1) is 5.82 Å². The molecule has 0 bridgehead atoms. The summed E-state index contributed by atoms with van der Waals surface area (Å²) in [7, 11) is 0. The first-order chi connectivity index (χ1) is 8.61. The van der Waals surface area contributed by atoms with Gasteiger partial charge in [0.05, 0.1) is 18.0 Å². The van der Waals surface area contributed by atoms with Crippen LogP contribution in [0.5, 0.6) is 11.5 Å². The molecule has 0 amide bonds. The fourth-order valence-electron chi connectivity index (χ4n) is 1.63. The molecule has 0 spiro atoms. The lowest BCUT2D eigenvalue weighted by atomic mass is 10.1. The molecule has 0 saturated carbocycles. The van der Waals surface area contributed by atoms with E-state index in [2.05, 4.69) is 5.10 Å². The van der Waals surface area contributed by atoms with Crippen LogP contribution in [0.25, 0.3) is 0 Å². The van der Waals surface area contributed by atoms with E-state index in [0.29, 0.717) is 12.3 Å². The van der Waals surface area contributed by atoms with Crippen LogP contribution < -0.4 is 4.74 Å². The Balaban J connectivity index is 2.34. The molecule has 0 aliphatic rings. The molecule has 0 radical (unpaired) electrons. The summed E-state index contributed by atoms with van der Waals surface area (Å²) in [4.78, 5) is 11.4. The average Bonchev–Trinajstić information content (AvgIpc) is 2.76. The minimum absolute atomic E-state index is 0.0400. The van der Waals surface area contributed by atoms with E-state index in [-0.39, 0.29) is 17.1 Å². The Bertz CT molecular complexity index is 578. The zero-order valence-electron chi connectivity index (χ0n) is 10.2. The largest absolute Gasteiger partial charge is 0.453 e. The third-order valence-corrected chi connectivity index (χ3v) is 2.49. The maximum absolute atomic E-state index is 13.6. The summed E-state index contributed by atoms with van der Waals surface area (Å²) in [5.41, 5.74) is -0.0400. The van der Waals surface area contributed by atoms with E-state index in [9.17, 15) is 9.18 Å². The number of ketones is 1. The first-order valence-electron chi connectivity index (χ1n) is 5.61. The number of Topliss-reactive ketones (excluding diaryl/α,β-unsaturated/α-hetero) is 1. The SMILES string of the molecule is CCn1cc(Oc2cccc(F)c2C(C)=O)cn1. The molecule has 1 aromatic heterocycles. The Kier molecular flexibility index (Phi) is 3.41. The average molecular weight is 248 g/mol. The van der Waals surface area contributed by atoms with Crippen molar-refractivity contribution in [2.75, 3.05) is 0 Å². The minimum atomic E-state index is -0.581. The number of carbonyl (C=O) groups is 1. The number of hydrogen-bond acceptors (Lipinski definition) is 3. The molecule has 2 aromatic rings. The Morgan fingerprint density at radius 2 is 2.28 bits per heavy atom. The smallest absolute Gasteiger partial charge is 0.166 e. The first-order valence-corrected chi connectivity index (χ1v) is 5.61. The van der Waals surface area contributed by atoms with Gasteiger partial charge in [0.25, 0.3) is 0 Å². The molecule has 1 heterocycles. The highest BCUT2D eigenvalue weighted by Gasteiger charge is 2.15. The zero-order valence-corrected chi connectivity index (χ0v) is 10.2. The van der Waals surface area contributed by atoms with Crippen molar-refractivity contribution in [3.63, 3.8) is 0 Å². The van der Waals surface area contributed by atoms with E-state index < -0.39 is 5.82 Å². The predicted molar refractivity (Wildman–Crippen MR) is 64.4 cm³/mol. The van der Waals surface area contributed by atoms with Gasteiger partial charge in [-0.3, -0.25) is 9.48 Å². The Morgan fingerprint density at radius 3 is 2.89 bits per heavy atom. The molecule has 0 unspecified atom stereocenters. The predicted octanol–water partition coefficient (Wildman–Crippen LogP) is 3.04. The van der Waals surface area contributed by atoms with E-state index in [4.69, 9.17) is 4.74 Å². The molecule has 0 aliphatic heterocycles. The fourth-order valence-corrected chi connectivity index (χ4v) is 1.63. The zero-order chi connectivity index (χ0) is 13.1. The quantitative estimate of drug-likeness (QED) is 0.781. The van der Waals surface area contributed by atoms with Gasteiger partial charge in [-0.1, -0.05) is 6.07 Å². The van der Waals surface area contributed by atoms with Crippen molar-refractivity contribution >= 4 is 5.78 Å². The first kappa shape index (κ1) is 12.3. The van der Waals surface area contributed by atoms with Crippen molar-refractivity contribution < 1.29 is 13.9 Å². The highest BCUT2D eigenvalue weighted by molar-refractivity contribution is 5.97. The number of ether oxygens (including phenoxy) is 1. The summed E-state index contributed by atoms with van der Waals surface area (Å²) < 4.78 is 20.7. The summed E-state index contributed by atoms with van der Waals surface area (Å²) in [5, 5.41) is 4.04. The van der Waals surface area contributed by atoms with Crippen molar-refractivity contribution in [2.24, 2.45) is 0 Å². The van der Waals surface area contributed by atoms with Crippen molar-refractivity contribution in [1.82, 2.24) is 9.78 Å². The van der Waals surface area contributed by atoms with E-state index in [0.717, 1.165) is 0 Å². The second kappa shape index (κ2) is 5.00. The van der Waals surface area contributed by atoms with Crippen LogP contribution in [0.1, 0.15) is 24.2 Å². The molecule has 1 aromatic carbocycles. The number of hydrogen-bond donors (Lipinski definition) is 0. The Labute approximate surface area is 104 Å². The molecular formula is C13H13FN2O2. The second-order valence-corrected chi connectivity index (χ2v) is 3.80. The molecule has 0 atom stereocenters. The summed E-state index contributed by atoms with van der Waals surface area (Å²) in [6, 6.07) is 4.30. The maximum Gasteiger partial charge on any atom is 0.166 e. The maximum atomic E-state index is 13.6. The normalized spacial score (nSPS) is 10.4. The number of halogens is 1. The summed E-state index contributed by atoms with van der Waals surface area (Å²) >= 11 is 0. The van der Waals surface area contributed by atoms with Crippen molar-refractivity contribution in [3.05, 3.63) is 42.0 Å². The van der Waals surface area contributed by atoms with Gasteiger partial charge in [0.2, 0.25) is 0 Å². The van der Waals surface area contributed by atoms with Crippen molar-refractivity contribution in [2.45, 2.75) is 20.4 Å². The number of nitrogens with zero attached hydrogens (tertiary/aromatic N) is 2. The van der Waals surface area contributed by atoms with Crippen LogP contribution in [0.15, 0.2) is 30.6 Å². The number of aryl methyl sites for hydroxylation is 1. The fraction of sp³-hybridized carbons (Fsp3) is 0.231. The van der Waals surface area contributed by atoms with Gasteiger partial charge < -0.3 is 4.74 Å². The molecule has 5 heteroatoms. The van der Waals surface area contributed by atoms with Crippen molar-refractivity contribution in [1.29, 1.82) is 0 Å². The summed E-state index contributed by atoms with van der Waals surface area (Å²) in [5.74, 6) is -0.267. The van der Waals surface area contributed by atoms with Gasteiger partial charge in [-0.2, -0.15) is 5.10 Å². The van der Waals surface area contributed by atoms with E-state index in [1.807, 2.05) is 6.92 Å². The number of aromatic nitrogens is 2. The lowest BCUT2D eigenvalue weighted by Gasteiger charge is -2.07. The molecule has 2 rings (SSSR count). The molecule has 4 nitrogen and oxygen atoms in total. The van der Waals surface area contributed by atoms with Crippen LogP contribution in [-0.4, -0.2) is 15.6 Å². The highest BCUT2D eigenvalue weighted by atomic mass is 19.1. The Morgan fingerprint density at radius 1 is 1.50 bits per heavy atom. The van der Waals surface area contributed by atoms with E-state index in [1.54, 1.807) is 16.9 Å². The lowest BCUT2D eigenvalue weighted by Crippen LogP contribution is -2.00. The van der Waals surface area contributed by atoms with Gasteiger partial charge in [-0.25, -0.2) is 4.39 Å². The standard InChI is InChI=1S/C13H13FN2O2/c1-3-16-8-10(7-15-16)18-12-6-4-5-11(14)13(12)9(2)17/h4-8H,3H2,1-2H3. The van der Waals surface area contributed by atoms with Gasteiger partial charge in [-0.05, 0) is 26.0 Å². The molecule has 0 N–H and O–H groups in total. The summed E-state index contributed by atoms with van der Waals surface area (Å²) in [6.45, 7) is 3.97. The molecule has 0 saturated heterocycles. The topological polar surface area (TPSA) is 44.1 Å². The minimum Gasteiger partial charge on any atom is -0.453 e. The molecule has 0 fully saturated rings. The van der Waals surface area contributed by atoms with Crippen LogP contribution >= 0.6 is 0 Å². The third-order valence-electron chi connectivity index (χ3n) is 2.49.